The van der Waals surface area contributed by atoms with Gasteiger partial charge in [-0.15, -0.1) is 0 Å². The molecule has 0 spiro atoms. The predicted molar refractivity (Wildman–Crippen MR) is 220 cm³/mol. The Kier molecular flexibility index (Phi) is 19.4. The van der Waals surface area contributed by atoms with Crippen molar-refractivity contribution >= 4 is 45.3 Å². The third kappa shape index (κ3) is 12.5. The van der Waals surface area contributed by atoms with E-state index in [2.05, 4.69) is 26.6 Å². The highest BCUT2D eigenvalue weighted by Crippen LogP contribution is 2.31. The number of methoxy groups -OCH3 is 3. The lowest BCUT2D eigenvalue weighted by Gasteiger charge is -2.41. The number of halogens is 1. The largest absolute Gasteiger partial charge is 0.380 e. The van der Waals surface area contributed by atoms with E-state index in [1.165, 1.54) is 7.11 Å². The van der Waals surface area contributed by atoms with E-state index in [4.69, 9.17) is 19.6 Å². The van der Waals surface area contributed by atoms with Crippen LogP contribution in [0.1, 0.15) is 78.9 Å². The highest BCUT2D eigenvalue weighted by Gasteiger charge is 2.45. The maximum Gasteiger partial charge on any atom is 0.245 e. The van der Waals surface area contributed by atoms with Crippen LogP contribution < -0.4 is 10.6 Å². The smallest absolute Gasteiger partial charge is 0.245 e. The van der Waals surface area contributed by atoms with Crippen LogP contribution in [-0.2, 0) is 33.4 Å². The fourth-order valence-corrected chi connectivity index (χ4v) is 8.27. The van der Waals surface area contributed by atoms with Crippen LogP contribution in [0.15, 0.2) is 22.7 Å². The molecule has 0 bridgehead atoms. The number of likely N-dealkylation sites (N-methyl/N-ethyl adjacent to an activating group) is 2. The number of carbonyl (C=O) groups is 4. The average molecular weight is 838 g/mol. The highest BCUT2D eigenvalue weighted by molar-refractivity contribution is 9.10. The maximum absolute atomic E-state index is 14.4. The number of carbonyl (C=O) groups excluding carboxylic acids is 4. The minimum absolute atomic E-state index is 0.0228. The first-order chi connectivity index (χ1) is 25.7. The second-order valence-electron chi connectivity index (χ2n) is 16.0. The Hall–Kier alpha value is -2.91. The van der Waals surface area contributed by atoms with E-state index < -0.39 is 42.3 Å². The van der Waals surface area contributed by atoms with Gasteiger partial charge in [-0.3, -0.25) is 24.1 Å². The topological polar surface area (TPSA) is 154 Å². The predicted octanol–water partition coefficient (Wildman–Crippen LogP) is 4.51. The summed E-state index contributed by atoms with van der Waals surface area (Å²) in [6.07, 6.45) is -0.422. The number of hydrogen-bond donors (Lipinski definition) is 3. The van der Waals surface area contributed by atoms with E-state index in [9.17, 15) is 19.2 Å². The number of hydrogen-bond acceptors (Lipinski definition) is 9. The molecule has 3 N–H and O–H groups in total. The summed E-state index contributed by atoms with van der Waals surface area (Å²) in [6, 6.07) is 3.56. The van der Waals surface area contributed by atoms with Crippen molar-refractivity contribution in [3.05, 3.63) is 33.8 Å². The third-order valence-corrected chi connectivity index (χ3v) is 11.7. The lowest BCUT2D eigenvalue weighted by molar-refractivity contribution is -0.148. The molecule has 0 saturated carbocycles. The zero-order chi connectivity index (χ0) is 41.9. The fourth-order valence-electron chi connectivity index (χ4n) is 7.91. The van der Waals surface area contributed by atoms with Gasteiger partial charge in [0.15, 0.2) is 0 Å². The standard InChI is InChI=1S/C41H69BrN6O7/c1-15-25(6)37(47(11)41(52)35(23(2)3)45-40(51)36(24(4)5)46(9)10)33(54-13)20-34(49)48-22-29(53-12)19-32(48)38(55-14)27(8)39(50)44-21-31(43)30-18-28(42)17-16-26(30)7/h16-18,23-25,27,29,32-33,35-38,43H,15,19-22H2,1-14H3,(H,44,50)(H,45,51)/t25-,27+,29+,32?,33+,35-,36-,37-,38+/m0/s1. The molecule has 1 aromatic carbocycles. The molecule has 0 radical (unpaired) electrons. The van der Waals surface area contributed by atoms with Gasteiger partial charge in [0, 0.05) is 45.0 Å². The number of nitrogens with zero attached hydrogens (tertiary/aromatic N) is 3. The Morgan fingerprint density at radius 2 is 1.62 bits per heavy atom. The molecule has 9 atom stereocenters. The molecule has 1 aromatic rings. The molecule has 1 aliphatic heterocycles. The number of aryl methyl sites for hydroxylation is 1. The van der Waals surface area contributed by atoms with Gasteiger partial charge < -0.3 is 40.1 Å². The first kappa shape index (κ1) is 48.2. The molecule has 1 saturated heterocycles. The molecule has 1 heterocycles. The first-order valence-electron chi connectivity index (χ1n) is 19.5. The summed E-state index contributed by atoms with van der Waals surface area (Å²) < 4.78 is 18.6. The van der Waals surface area contributed by atoms with Gasteiger partial charge in [0.25, 0.3) is 0 Å². The molecule has 14 heteroatoms. The maximum atomic E-state index is 14.4. The summed E-state index contributed by atoms with van der Waals surface area (Å²) in [5.74, 6) is -1.80. The molecule has 13 nitrogen and oxygen atoms in total. The van der Waals surface area contributed by atoms with Crippen LogP contribution in [0, 0.1) is 36.0 Å². The minimum atomic E-state index is -0.777. The summed E-state index contributed by atoms with van der Waals surface area (Å²) >= 11 is 3.46. The minimum Gasteiger partial charge on any atom is -0.380 e. The van der Waals surface area contributed by atoms with E-state index in [0.29, 0.717) is 13.0 Å². The monoisotopic (exact) mass is 836 g/mol. The molecular formula is C41H69BrN6O7. The summed E-state index contributed by atoms with van der Waals surface area (Å²) in [5, 5.41) is 14.5. The van der Waals surface area contributed by atoms with Crippen molar-refractivity contribution in [3.63, 3.8) is 0 Å². The van der Waals surface area contributed by atoms with Crippen LogP contribution in [-0.4, -0.2) is 142 Å². The van der Waals surface area contributed by atoms with Crippen LogP contribution in [0.5, 0.6) is 0 Å². The number of nitrogens with one attached hydrogen (secondary N) is 3. The van der Waals surface area contributed by atoms with Crippen molar-refractivity contribution in [3.8, 4) is 0 Å². The number of amides is 4. The van der Waals surface area contributed by atoms with E-state index >= 15 is 0 Å². The van der Waals surface area contributed by atoms with E-state index in [1.54, 1.807) is 38.0 Å². The molecule has 0 aliphatic carbocycles. The molecule has 4 amide bonds. The molecule has 312 valence electrons. The van der Waals surface area contributed by atoms with Crippen LogP contribution in [0.2, 0.25) is 0 Å². The lowest BCUT2D eigenvalue weighted by atomic mass is 9.89. The second-order valence-corrected chi connectivity index (χ2v) is 17.0. The molecule has 1 fully saturated rings. The van der Waals surface area contributed by atoms with Gasteiger partial charge in [0.1, 0.15) is 6.04 Å². The molecule has 1 unspecified atom stereocenters. The van der Waals surface area contributed by atoms with Crippen LogP contribution in [0.4, 0.5) is 0 Å². The average Bonchev–Trinajstić information content (AvgIpc) is 3.56. The van der Waals surface area contributed by atoms with Gasteiger partial charge in [-0.1, -0.05) is 76.9 Å². The van der Waals surface area contributed by atoms with Crippen molar-refractivity contribution in [2.24, 2.45) is 23.7 Å². The van der Waals surface area contributed by atoms with Crippen LogP contribution >= 0.6 is 15.9 Å². The van der Waals surface area contributed by atoms with E-state index in [0.717, 1.165) is 22.0 Å². The molecule has 1 aliphatic rings. The van der Waals surface area contributed by atoms with Gasteiger partial charge in [-0.25, -0.2) is 0 Å². The third-order valence-electron chi connectivity index (χ3n) is 11.2. The summed E-state index contributed by atoms with van der Waals surface area (Å²) in [4.78, 5) is 60.9. The molecule has 55 heavy (non-hydrogen) atoms. The van der Waals surface area contributed by atoms with Gasteiger partial charge in [0.05, 0.1) is 61.0 Å². The fraction of sp³-hybridized carbons (Fsp3) is 0.732. The Labute approximate surface area is 338 Å². The van der Waals surface area contributed by atoms with Crippen molar-refractivity contribution in [1.82, 2.24) is 25.3 Å². The van der Waals surface area contributed by atoms with Gasteiger partial charge >= 0.3 is 0 Å². The number of rotatable bonds is 21. The van der Waals surface area contributed by atoms with E-state index in [-0.39, 0.29) is 66.2 Å². The Morgan fingerprint density at radius 1 is 0.982 bits per heavy atom. The van der Waals surface area contributed by atoms with Crippen molar-refractivity contribution in [1.29, 1.82) is 5.41 Å². The zero-order valence-corrected chi connectivity index (χ0v) is 37.3. The Bertz CT molecular complexity index is 1450. The number of benzene rings is 1. The molecule has 0 aromatic heterocycles. The van der Waals surface area contributed by atoms with Crippen molar-refractivity contribution < 1.29 is 33.4 Å². The van der Waals surface area contributed by atoms with Crippen LogP contribution in [0.3, 0.4) is 0 Å². The zero-order valence-electron chi connectivity index (χ0n) is 35.7. The van der Waals surface area contributed by atoms with Gasteiger partial charge in [0.2, 0.25) is 23.6 Å². The highest BCUT2D eigenvalue weighted by atomic mass is 79.9. The SMILES string of the molecule is CC[C@H](C)[C@@H]([C@@H](CC(=O)N1C[C@H](OC)CC1[C@H](OC)[C@@H](C)C(=O)NCC(=N)c1cc(Br)ccc1C)OC)N(C)C(=O)[C@@H](NC(=O)[C@H](C(C)C)N(C)C)C(C)C. The number of ether oxygens (including phenoxy) is 3. The van der Waals surface area contributed by atoms with Crippen LogP contribution in [0.25, 0.3) is 0 Å². The first-order valence-corrected chi connectivity index (χ1v) is 20.3. The van der Waals surface area contributed by atoms with Gasteiger partial charge in [-0.2, -0.15) is 0 Å². The van der Waals surface area contributed by atoms with E-state index in [1.807, 2.05) is 85.7 Å². The number of likely N-dealkylation sites (tertiary alicyclic amines) is 1. The Morgan fingerprint density at radius 3 is 2.13 bits per heavy atom. The lowest BCUT2D eigenvalue weighted by Crippen LogP contribution is -2.59. The summed E-state index contributed by atoms with van der Waals surface area (Å²) in [5.41, 5.74) is 1.96. The normalized spacial score (nSPS) is 19.8. The Balaban J connectivity index is 2.32. The quantitative estimate of drug-likeness (QED) is 0.153. The molecule has 2 rings (SSSR count). The summed E-state index contributed by atoms with van der Waals surface area (Å²) in [6.45, 7) is 15.9. The van der Waals surface area contributed by atoms with Gasteiger partial charge in [-0.05, 0) is 62.9 Å². The molecular weight excluding hydrogens is 768 g/mol. The van der Waals surface area contributed by atoms with Crippen molar-refractivity contribution in [2.75, 3.05) is 55.6 Å². The second kappa shape index (κ2) is 22.1. The summed E-state index contributed by atoms with van der Waals surface area (Å²) in [7, 11) is 10.1. The van der Waals surface area contributed by atoms with Crippen molar-refractivity contribution in [2.45, 2.75) is 117 Å².